The summed E-state index contributed by atoms with van der Waals surface area (Å²) in [5.74, 6) is 2.03. The number of anilines is 1. The van der Waals surface area contributed by atoms with Gasteiger partial charge in [0.2, 0.25) is 5.91 Å². The predicted octanol–water partition coefficient (Wildman–Crippen LogP) is 4.00. The van der Waals surface area contributed by atoms with Gasteiger partial charge < -0.3 is 15.2 Å². The van der Waals surface area contributed by atoms with Crippen molar-refractivity contribution >= 4 is 17.6 Å². The first-order valence-electron chi connectivity index (χ1n) is 9.66. The Morgan fingerprint density at radius 2 is 1.77 bits per heavy atom. The van der Waals surface area contributed by atoms with Gasteiger partial charge in [0.05, 0.1) is 0 Å². The van der Waals surface area contributed by atoms with Crippen LogP contribution in [0.25, 0.3) is 0 Å². The molecule has 0 radical (unpaired) electrons. The zero-order chi connectivity index (χ0) is 18.3. The van der Waals surface area contributed by atoms with E-state index >= 15 is 0 Å². The van der Waals surface area contributed by atoms with Gasteiger partial charge in [0, 0.05) is 18.2 Å². The Hall–Kier alpha value is -2.04. The first-order valence-corrected chi connectivity index (χ1v) is 9.66. The van der Waals surface area contributed by atoms with E-state index in [9.17, 15) is 9.59 Å². The summed E-state index contributed by atoms with van der Waals surface area (Å²) in [5, 5.41) is 11.8. The Balaban J connectivity index is 1.42. The van der Waals surface area contributed by atoms with Crippen LogP contribution in [0.3, 0.4) is 0 Å². The first-order chi connectivity index (χ1) is 12.4. The third kappa shape index (κ3) is 3.57. The number of hydrogen-bond donors (Lipinski definition) is 2. The van der Waals surface area contributed by atoms with E-state index in [4.69, 9.17) is 9.84 Å². The molecule has 0 spiro atoms. The van der Waals surface area contributed by atoms with Crippen LogP contribution < -0.4 is 10.1 Å². The molecule has 2 N–H and O–H groups in total. The van der Waals surface area contributed by atoms with Gasteiger partial charge in [-0.05, 0) is 80.2 Å². The fraction of sp³-hybridized carbons (Fsp3) is 0.619. The van der Waals surface area contributed by atoms with Crippen LogP contribution >= 0.6 is 0 Å². The molecule has 1 aromatic carbocycles. The van der Waals surface area contributed by atoms with Crippen LogP contribution in [0, 0.1) is 30.1 Å². The topological polar surface area (TPSA) is 75.6 Å². The average Bonchev–Trinajstić information content (AvgIpc) is 2.53. The SMILES string of the molecule is Cc1ccc(OCC(=O)O)cc1NC(=O)CC12CC3CC(CC(C3)C1)C2. The molecule has 4 bridgehead atoms. The van der Waals surface area contributed by atoms with E-state index in [1.54, 1.807) is 12.1 Å². The summed E-state index contributed by atoms with van der Waals surface area (Å²) in [6.07, 6.45) is 8.39. The number of hydrogen-bond acceptors (Lipinski definition) is 3. The molecule has 5 heteroatoms. The van der Waals surface area contributed by atoms with Gasteiger partial charge in [0.15, 0.2) is 6.61 Å². The lowest BCUT2D eigenvalue weighted by Crippen LogP contribution is -2.47. The van der Waals surface area contributed by atoms with Crippen LogP contribution in [0.15, 0.2) is 18.2 Å². The lowest BCUT2D eigenvalue weighted by atomic mass is 9.49. The van der Waals surface area contributed by atoms with E-state index < -0.39 is 5.97 Å². The molecular weight excluding hydrogens is 330 g/mol. The second-order valence-corrected chi connectivity index (χ2v) is 8.80. The van der Waals surface area contributed by atoms with Gasteiger partial charge in [-0.2, -0.15) is 0 Å². The minimum Gasteiger partial charge on any atom is -0.482 e. The molecule has 0 unspecified atom stereocenters. The van der Waals surface area contributed by atoms with Gasteiger partial charge >= 0.3 is 5.97 Å². The van der Waals surface area contributed by atoms with Crippen molar-refractivity contribution in [2.45, 2.75) is 51.9 Å². The maximum absolute atomic E-state index is 12.8. The quantitative estimate of drug-likeness (QED) is 0.807. The fourth-order valence-corrected chi connectivity index (χ4v) is 6.01. The molecule has 5 rings (SSSR count). The zero-order valence-electron chi connectivity index (χ0n) is 15.3. The summed E-state index contributed by atoms with van der Waals surface area (Å²) in [5.41, 5.74) is 1.87. The number of aryl methyl sites for hydroxylation is 1. The van der Waals surface area contributed by atoms with Gasteiger partial charge in [0.25, 0.3) is 0 Å². The average molecular weight is 357 g/mol. The van der Waals surface area contributed by atoms with Crippen molar-refractivity contribution in [3.63, 3.8) is 0 Å². The van der Waals surface area contributed by atoms with E-state index in [0.29, 0.717) is 17.9 Å². The largest absolute Gasteiger partial charge is 0.482 e. The lowest BCUT2D eigenvalue weighted by Gasteiger charge is -2.56. The van der Waals surface area contributed by atoms with Crippen LogP contribution in [-0.2, 0) is 9.59 Å². The molecule has 140 valence electrons. The van der Waals surface area contributed by atoms with Crippen LogP contribution in [0.5, 0.6) is 5.75 Å². The molecule has 0 aromatic heterocycles. The zero-order valence-corrected chi connectivity index (χ0v) is 15.3. The molecule has 1 aromatic rings. The molecule has 0 atom stereocenters. The number of carbonyl (C=O) groups excluding carboxylic acids is 1. The number of ether oxygens (including phenoxy) is 1. The molecule has 5 nitrogen and oxygen atoms in total. The number of aliphatic carboxylic acids is 1. The highest BCUT2D eigenvalue weighted by molar-refractivity contribution is 5.92. The molecule has 26 heavy (non-hydrogen) atoms. The standard InChI is InChI=1S/C21H27NO4/c1-13-2-3-17(26-12-20(24)25)7-18(13)22-19(23)11-21-8-14-4-15(9-21)6-16(5-14)10-21/h2-3,7,14-16H,4-6,8-12H2,1H3,(H,22,23)(H,24,25). The summed E-state index contributed by atoms with van der Waals surface area (Å²) in [6, 6.07) is 5.29. The van der Waals surface area contributed by atoms with Crippen molar-refractivity contribution in [1.29, 1.82) is 0 Å². The van der Waals surface area contributed by atoms with Crippen LogP contribution in [0.1, 0.15) is 50.5 Å². The van der Waals surface area contributed by atoms with Crippen LogP contribution in [-0.4, -0.2) is 23.6 Å². The normalized spacial score (nSPS) is 31.7. The van der Waals surface area contributed by atoms with Gasteiger partial charge in [0.1, 0.15) is 5.75 Å². The third-order valence-electron chi connectivity index (χ3n) is 6.55. The monoisotopic (exact) mass is 357 g/mol. The highest BCUT2D eigenvalue weighted by Gasteiger charge is 2.51. The molecule has 0 heterocycles. The summed E-state index contributed by atoms with van der Waals surface area (Å²) in [6.45, 7) is 1.55. The summed E-state index contributed by atoms with van der Waals surface area (Å²) >= 11 is 0. The molecule has 4 aliphatic carbocycles. The Labute approximate surface area is 154 Å². The Morgan fingerprint density at radius 1 is 1.15 bits per heavy atom. The molecule has 4 fully saturated rings. The predicted molar refractivity (Wildman–Crippen MR) is 98.2 cm³/mol. The number of amides is 1. The smallest absolute Gasteiger partial charge is 0.341 e. The lowest BCUT2D eigenvalue weighted by molar-refractivity contribution is -0.139. The Kier molecular flexibility index (Phi) is 4.41. The highest BCUT2D eigenvalue weighted by atomic mass is 16.5. The van der Waals surface area contributed by atoms with Crippen molar-refractivity contribution < 1.29 is 19.4 Å². The number of nitrogens with one attached hydrogen (secondary N) is 1. The van der Waals surface area contributed by atoms with Crippen LogP contribution in [0.2, 0.25) is 0 Å². The van der Waals surface area contributed by atoms with Crippen LogP contribution in [0.4, 0.5) is 5.69 Å². The molecule has 4 aliphatic rings. The van der Waals surface area contributed by atoms with Crippen molar-refractivity contribution in [3.8, 4) is 5.75 Å². The summed E-state index contributed by atoms with van der Waals surface area (Å²) < 4.78 is 5.23. The second-order valence-electron chi connectivity index (χ2n) is 8.80. The number of benzene rings is 1. The van der Waals surface area contributed by atoms with Gasteiger partial charge in [-0.25, -0.2) is 4.79 Å². The Morgan fingerprint density at radius 3 is 2.35 bits per heavy atom. The highest BCUT2D eigenvalue weighted by Crippen LogP contribution is 2.61. The third-order valence-corrected chi connectivity index (χ3v) is 6.55. The molecular formula is C21H27NO4. The maximum Gasteiger partial charge on any atom is 0.341 e. The van der Waals surface area contributed by atoms with Crippen molar-refractivity contribution in [1.82, 2.24) is 0 Å². The second kappa shape index (κ2) is 6.60. The molecule has 1 amide bonds. The first kappa shape index (κ1) is 17.4. The summed E-state index contributed by atoms with van der Waals surface area (Å²) in [4.78, 5) is 23.4. The minimum absolute atomic E-state index is 0.0745. The number of carbonyl (C=O) groups is 2. The molecule has 4 saturated carbocycles. The maximum atomic E-state index is 12.8. The van der Waals surface area contributed by atoms with E-state index in [1.807, 2.05) is 13.0 Å². The van der Waals surface area contributed by atoms with E-state index in [0.717, 1.165) is 23.3 Å². The van der Waals surface area contributed by atoms with Gasteiger partial charge in [-0.1, -0.05) is 6.07 Å². The Bertz CT molecular complexity index is 691. The van der Waals surface area contributed by atoms with Gasteiger partial charge in [-0.15, -0.1) is 0 Å². The molecule has 0 saturated heterocycles. The number of rotatable bonds is 6. The van der Waals surface area contributed by atoms with E-state index in [2.05, 4.69) is 5.32 Å². The van der Waals surface area contributed by atoms with E-state index in [1.165, 1.54) is 38.5 Å². The fourth-order valence-electron chi connectivity index (χ4n) is 6.01. The van der Waals surface area contributed by atoms with Crippen molar-refractivity contribution in [2.75, 3.05) is 11.9 Å². The van der Waals surface area contributed by atoms with Crippen molar-refractivity contribution in [2.24, 2.45) is 23.2 Å². The number of carboxylic acids is 1. The molecule has 0 aliphatic heterocycles. The van der Waals surface area contributed by atoms with E-state index in [-0.39, 0.29) is 17.9 Å². The van der Waals surface area contributed by atoms with Gasteiger partial charge in [-0.3, -0.25) is 4.79 Å². The summed E-state index contributed by atoms with van der Waals surface area (Å²) in [7, 11) is 0. The number of carboxylic acid groups (broad SMARTS) is 1. The van der Waals surface area contributed by atoms with Crippen molar-refractivity contribution in [3.05, 3.63) is 23.8 Å². The minimum atomic E-state index is -1.02.